The first-order valence-electron chi connectivity index (χ1n) is 7.90. The molecule has 1 aromatic heterocycles. The van der Waals surface area contributed by atoms with E-state index in [1.807, 2.05) is 42.5 Å². The molecule has 0 fully saturated rings. The summed E-state index contributed by atoms with van der Waals surface area (Å²) in [7, 11) is 0. The number of thiophene rings is 1. The van der Waals surface area contributed by atoms with Crippen LogP contribution in [0.2, 0.25) is 0 Å². The Labute approximate surface area is 150 Å². The summed E-state index contributed by atoms with van der Waals surface area (Å²) in [6.07, 6.45) is 8.17. The van der Waals surface area contributed by atoms with E-state index in [1.54, 1.807) is 6.08 Å². The van der Waals surface area contributed by atoms with Gasteiger partial charge >= 0.3 is 0 Å². The van der Waals surface area contributed by atoms with Gasteiger partial charge in [0.05, 0.1) is 15.3 Å². The minimum atomic E-state index is 0.0125. The van der Waals surface area contributed by atoms with E-state index in [4.69, 9.17) is 4.74 Å². The van der Waals surface area contributed by atoms with Crippen molar-refractivity contribution in [1.82, 2.24) is 0 Å². The molecule has 0 aliphatic heterocycles. The van der Waals surface area contributed by atoms with Crippen LogP contribution >= 0.6 is 27.3 Å². The highest BCUT2D eigenvalue weighted by atomic mass is 79.9. The fourth-order valence-corrected chi connectivity index (χ4v) is 3.46. The molecule has 0 unspecified atom stereocenters. The third-order valence-corrected chi connectivity index (χ3v) is 5.04. The number of para-hydroxylation sites is 1. The molecule has 2 nitrogen and oxygen atoms in total. The predicted octanol–water partition coefficient (Wildman–Crippen LogP) is 6.37. The fraction of sp³-hybridized carbons (Fsp3) is 0.316. The van der Waals surface area contributed by atoms with E-state index in [2.05, 4.69) is 22.9 Å². The van der Waals surface area contributed by atoms with Gasteiger partial charge in [-0.3, -0.25) is 4.79 Å². The molecule has 0 saturated carbocycles. The van der Waals surface area contributed by atoms with E-state index in [1.165, 1.54) is 30.6 Å². The van der Waals surface area contributed by atoms with Crippen LogP contribution in [0.15, 0.2) is 46.3 Å². The summed E-state index contributed by atoms with van der Waals surface area (Å²) in [6.45, 7) is 2.92. The minimum Gasteiger partial charge on any atom is -0.493 e. The summed E-state index contributed by atoms with van der Waals surface area (Å²) in [5.74, 6) is 0.846. The molecule has 122 valence electrons. The van der Waals surface area contributed by atoms with Crippen molar-refractivity contribution < 1.29 is 9.53 Å². The molecule has 0 saturated heterocycles. The van der Waals surface area contributed by atoms with Crippen LogP contribution in [0.25, 0.3) is 6.08 Å². The number of carbonyl (C=O) groups is 1. The van der Waals surface area contributed by atoms with Crippen LogP contribution in [0, 0.1) is 0 Å². The van der Waals surface area contributed by atoms with Crippen LogP contribution in [-0.2, 0) is 0 Å². The van der Waals surface area contributed by atoms with Gasteiger partial charge in [-0.2, -0.15) is 0 Å². The standard InChI is InChI=1S/C19H21BrO2S/c1-2-3-4-7-14-22-17-9-6-5-8-15(17)10-11-16(21)18-12-13-19(20)23-18/h5-6,8-13H,2-4,7,14H2,1H3. The first-order chi connectivity index (χ1) is 11.2. The zero-order chi connectivity index (χ0) is 16.5. The smallest absolute Gasteiger partial charge is 0.195 e. The van der Waals surface area contributed by atoms with Gasteiger partial charge in [0.2, 0.25) is 0 Å². The maximum Gasteiger partial charge on any atom is 0.195 e. The van der Waals surface area contributed by atoms with Crippen LogP contribution in [0.3, 0.4) is 0 Å². The number of ether oxygens (including phenoxy) is 1. The van der Waals surface area contributed by atoms with Gasteiger partial charge in [-0.05, 0) is 52.7 Å². The van der Waals surface area contributed by atoms with E-state index in [9.17, 15) is 4.79 Å². The van der Waals surface area contributed by atoms with Gasteiger partial charge in [-0.1, -0.05) is 44.4 Å². The topological polar surface area (TPSA) is 26.3 Å². The van der Waals surface area contributed by atoms with Crippen LogP contribution in [-0.4, -0.2) is 12.4 Å². The molecule has 0 aliphatic rings. The number of hydrogen-bond donors (Lipinski definition) is 0. The van der Waals surface area contributed by atoms with E-state index >= 15 is 0 Å². The second kappa shape index (κ2) is 9.68. The van der Waals surface area contributed by atoms with Gasteiger partial charge in [-0.25, -0.2) is 0 Å². The molecule has 0 amide bonds. The maximum absolute atomic E-state index is 12.1. The largest absolute Gasteiger partial charge is 0.493 e. The molecule has 2 rings (SSSR count). The second-order valence-electron chi connectivity index (χ2n) is 5.25. The number of allylic oxidation sites excluding steroid dienone is 1. The third kappa shape index (κ3) is 5.96. The average Bonchev–Trinajstić information content (AvgIpc) is 3.00. The molecular formula is C19H21BrO2S. The molecule has 0 atom stereocenters. The van der Waals surface area contributed by atoms with E-state index in [0.29, 0.717) is 0 Å². The summed E-state index contributed by atoms with van der Waals surface area (Å²) in [5, 5.41) is 0. The fourth-order valence-electron chi connectivity index (χ4n) is 2.15. The lowest BCUT2D eigenvalue weighted by Gasteiger charge is -2.08. The van der Waals surface area contributed by atoms with Gasteiger partial charge < -0.3 is 4.74 Å². The lowest BCUT2D eigenvalue weighted by Crippen LogP contribution is -1.98. The Morgan fingerprint density at radius 1 is 1.17 bits per heavy atom. The van der Waals surface area contributed by atoms with Gasteiger partial charge in [0.25, 0.3) is 0 Å². The van der Waals surface area contributed by atoms with Crippen LogP contribution < -0.4 is 4.74 Å². The predicted molar refractivity (Wildman–Crippen MR) is 101 cm³/mol. The van der Waals surface area contributed by atoms with Crippen molar-refractivity contribution in [2.24, 2.45) is 0 Å². The summed E-state index contributed by atoms with van der Waals surface area (Å²) in [5.41, 5.74) is 0.937. The zero-order valence-electron chi connectivity index (χ0n) is 13.3. The van der Waals surface area contributed by atoms with Gasteiger partial charge in [0, 0.05) is 5.56 Å². The molecule has 0 spiro atoms. The molecule has 1 heterocycles. The Bertz CT molecular complexity index is 661. The Morgan fingerprint density at radius 2 is 2.00 bits per heavy atom. The summed E-state index contributed by atoms with van der Waals surface area (Å²) in [6, 6.07) is 11.5. The molecule has 2 aromatic rings. The highest BCUT2D eigenvalue weighted by Crippen LogP contribution is 2.24. The Morgan fingerprint density at radius 3 is 2.74 bits per heavy atom. The maximum atomic E-state index is 12.1. The van der Waals surface area contributed by atoms with Crippen molar-refractivity contribution in [3.63, 3.8) is 0 Å². The summed E-state index contributed by atoms with van der Waals surface area (Å²) < 4.78 is 6.82. The number of unbranched alkanes of at least 4 members (excludes halogenated alkanes) is 3. The van der Waals surface area contributed by atoms with Gasteiger partial charge in [0.15, 0.2) is 5.78 Å². The molecule has 1 aromatic carbocycles. The molecule has 4 heteroatoms. The number of carbonyl (C=O) groups excluding carboxylic acids is 1. The van der Waals surface area contributed by atoms with Crippen molar-refractivity contribution >= 4 is 39.1 Å². The number of rotatable bonds is 9. The highest BCUT2D eigenvalue weighted by Gasteiger charge is 2.06. The van der Waals surface area contributed by atoms with Crippen molar-refractivity contribution in [3.8, 4) is 5.75 Å². The van der Waals surface area contributed by atoms with Crippen molar-refractivity contribution in [2.75, 3.05) is 6.61 Å². The SMILES string of the molecule is CCCCCCOc1ccccc1C=CC(=O)c1ccc(Br)s1. The molecule has 0 N–H and O–H groups in total. The van der Waals surface area contributed by atoms with E-state index in [0.717, 1.165) is 33.0 Å². The number of hydrogen-bond acceptors (Lipinski definition) is 3. The van der Waals surface area contributed by atoms with Crippen molar-refractivity contribution in [1.29, 1.82) is 0 Å². The van der Waals surface area contributed by atoms with Crippen LogP contribution in [0.5, 0.6) is 5.75 Å². The Kier molecular flexibility index (Phi) is 7.56. The monoisotopic (exact) mass is 392 g/mol. The summed E-state index contributed by atoms with van der Waals surface area (Å²) in [4.78, 5) is 12.9. The van der Waals surface area contributed by atoms with Gasteiger partial charge in [0.1, 0.15) is 5.75 Å². The lowest BCUT2D eigenvalue weighted by molar-refractivity contribution is 0.105. The first-order valence-corrected chi connectivity index (χ1v) is 9.51. The molecule has 0 radical (unpaired) electrons. The number of ketones is 1. The zero-order valence-corrected chi connectivity index (χ0v) is 15.7. The van der Waals surface area contributed by atoms with Crippen LogP contribution in [0.4, 0.5) is 0 Å². The number of halogens is 1. The molecule has 0 aliphatic carbocycles. The normalized spacial score (nSPS) is 11.0. The molecule has 0 bridgehead atoms. The Hall–Kier alpha value is -1.39. The van der Waals surface area contributed by atoms with E-state index in [-0.39, 0.29) is 5.78 Å². The second-order valence-corrected chi connectivity index (χ2v) is 7.71. The minimum absolute atomic E-state index is 0.0125. The quantitative estimate of drug-likeness (QED) is 0.281. The number of benzene rings is 1. The van der Waals surface area contributed by atoms with E-state index < -0.39 is 0 Å². The van der Waals surface area contributed by atoms with Crippen LogP contribution in [0.1, 0.15) is 47.8 Å². The van der Waals surface area contributed by atoms with Gasteiger partial charge in [-0.15, -0.1) is 11.3 Å². The van der Waals surface area contributed by atoms with Crippen molar-refractivity contribution in [3.05, 3.63) is 56.7 Å². The first kappa shape index (κ1) is 18.0. The Balaban J connectivity index is 1.96. The van der Waals surface area contributed by atoms with Crippen molar-refractivity contribution in [2.45, 2.75) is 32.6 Å². The highest BCUT2D eigenvalue weighted by molar-refractivity contribution is 9.11. The third-order valence-electron chi connectivity index (χ3n) is 3.40. The lowest BCUT2D eigenvalue weighted by atomic mass is 10.1. The average molecular weight is 393 g/mol. The molecular weight excluding hydrogens is 372 g/mol. The summed E-state index contributed by atoms with van der Waals surface area (Å²) >= 11 is 4.82. The molecule has 23 heavy (non-hydrogen) atoms.